The third-order valence-electron chi connectivity index (χ3n) is 4.41. The maximum Gasteiger partial charge on any atom is 0.240 e. The van der Waals surface area contributed by atoms with Crippen molar-refractivity contribution in [3.63, 3.8) is 0 Å². The van der Waals surface area contributed by atoms with E-state index in [9.17, 15) is 4.79 Å². The quantitative estimate of drug-likeness (QED) is 0.918. The van der Waals surface area contributed by atoms with E-state index in [0.29, 0.717) is 28.5 Å². The Morgan fingerprint density at radius 2 is 2.05 bits per heavy atom. The molecular weight excluding hydrogens is 307 g/mol. The van der Waals surface area contributed by atoms with Gasteiger partial charge in [0.1, 0.15) is 0 Å². The molecule has 1 saturated heterocycles. The molecule has 0 radical (unpaired) electrons. The second-order valence-electron chi connectivity index (χ2n) is 6.14. The first-order valence-electron chi connectivity index (χ1n) is 7.54. The van der Waals surface area contributed by atoms with Crippen molar-refractivity contribution in [3.8, 4) is 0 Å². The lowest BCUT2D eigenvalue weighted by Gasteiger charge is -2.27. The molecule has 1 N–H and O–H groups in total. The van der Waals surface area contributed by atoms with Crippen LogP contribution in [0.4, 0.5) is 0 Å². The molecule has 2 aliphatic rings. The van der Waals surface area contributed by atoms with Crippen molar-refractivity contribution < 1.29 is 4.79 Å². The van der Waals surface area contributed by atoms with Crippen LogP contribution in [0.15, 0.2) is 18.2 Å². The fraction of sp³-hybridized carbons (Fsp3) is 0.562. The highest BCUT2D eigenvalue weighted by molar-refractivity contribution is 6.42. The largest absolute Gasteiger partial charge is 0.334 e. The molecule has 0 bridgehead atoms. The predicted octanol–water partition coefficient (Wildman–Crippen LogP) is 3.48. The van der Waals surface area contributed by atoms with E-state index in [4.69, 9.17) is 23.2 Å². The van der Waals surface area contributed by atoms with Crippen LogP contribution in [0, 0.1) is 5.92 Å². The standard InChI is InChI=1S/C16H20Cl2N2O/c1-10-6-7-19-15(10)16(21)20(12-3-4-12)9-11-2-5-13(17)14(18)8-11/h2,5,8,10,12,15,19H,3-4,6-7,9H2,1H3. The van der Waals surface area contributed by atoms with Crippen LogP contribution in [-0.2, 0) is 11.3 Å². The van der Waals surface area contributed by atoms with Crippen molar-refractivity contribution in [1.82, 2.24) is 10.2 Å². The second-order valence-corrected chi connectivity index (χ2v) is 6.96. The Hall–Kier alpha value is -0.770. The second kappa shape index (κ2) is 6.15. The van der Waals surface area contributed by atoms with Crippen molar-refractivity contribution in [2.45, 2.75) is 44.8 Å². The molecule has 1 saturated carbocycles. The van der Waals surface area contributed by atoms with E-state index in [0.717, 1.165) is 31.4 Å². The lowest BCUT2D eigenvalue weighted by molar-refractivity contribution is -0.135. The lowest BCUT2D eigenvalue weighted by Crippen LogP contribution is -2.46. The normalized spacial score (nSPS) is 25.1. The third-order valence-corrected chi connectivity index (χ3v) is 5.15. The zero-order valence-electron chi connectivity index (χ0n) is 12.1. The lowest BCUT2D eigenvalue weighted by atomic mass is 10.0. The molecule has 2 unspecified atom stereocenters. The van der Waals surface area contributed by atoms with Crippen LogP contribution in [-0.4, -0.2) is 29.4 Å². The van der Waals surface area contributed by atoms with E-state index in [1.54, 1.807) is 6.07 Å². The van der Waals surface area contributed by atoms with Gasteiger partial charge in [0.2, 0.25) is 5.91 Å². The molecule has 1 aromatic carbocycles. The Morgan fingerprint density at radius 3 is 2.62 bits per heavy atom. The van der Waals surface area contributed by atoms with E-state index < -0.39 is 0 Å². The van der Waals surface area contributed by atoms with Crippen molar-refractivity contribution in [2.24, 2.45) is 5.92 Å². The summed E-state index contributed by atoms with van der Waals surface area (Å²) in [4.78, 5) is 14.8. The number of hydrogen-bond acceptors (Lipinski definition) is 2. The average molecular weight is 327 g/mol. The average Bonchev–Trinajstić information content (AvgIpc) is 3.21. The summed E-state index contributed by atoms with van der Waals surface area (Å²) < 4.78 is 0. The molecule has 1 aromatic rings. The number of halogens is 2. The molecule has 3 nitrogen and oxygen atoms in total. The molecule has 0 spiro atoms. The maximum atomic E-state index is 12.8. The zero-order chi connectivity index (χ0) is 15.0. The predicted molar refractivity (Wildman–Crippen MR) is 85.6 cm³/mol. The fourth-order valence-electron chi connectivity index (χ4n) is 2.95. The molecule has 0 aromatic heterocycles. The highest BCUT2D eigenvalue weighted by Crippen LogP contribution is 2.31. The van der Waals surface area contributed by atoms with Gasteiger partial charge in [0.05, 0.1) is 16.1 Å². The Balaban J connectivity index is 1.75. The van der Waals surface area contributed by atoms with Gasteiger partial charge in [-0.2, -0.15) is 0 Å². The number of carbonyl (C=O) groups is 1. The number of benzene rings is 1. The minimum Gasteiger partial charge on any atom is -0.334 e. The highest BCUT2D eigenvalue weighted by atomic mass is 35.5. The molecule has 5 heteroatoms. The molecule has 2 atom stereocenters. The zero-order valence-corrected chi connectivity index (χ0v) is 13.6. The molecule has 1 aliphatic carbocycles. The number of amides is 1. The van der Waals surface area contributed by atoms with Gasteiger partial charge < -0.3 is 10.2 Å². The summed E-state index contributed by atoms with van der Waals surface area (Å²) >= 11 is 12.0. The highest BCUT2D eigenvalue weighted by Gasteiger charge is 2.39. The first-order chi connectivity index (χ1) is 10.1. The van der Waals surface area contributed by atoms with E-state index in [2.05, 4.69) is 12.2 Å². The molecule has 3 rings (SSSR count). The fourth-order valence-corrected chi connectivity index (χ4v) is 3.27. The summed E-state index contributed by atoms with van der Waals surface area (Å²) in [5.74, 6) is 0.640. The monoisotopic (exact) mass is 326 g/mol. The van der Waals surface area contributed by atoms with Crippen LogP contribution in [0.5, 0.6) is 0 Å². The first kappa shape index (κ1) is 15.1. The Labute approximate surface area is 135 Å². The summed E-state index contributed by atoms with van der Waals surface area (Å²) in [6.45, 7) is 3.70. The number of nitrogens with zero attached hydrogens (tertiary/aromatic N) is 1. The summed E-state index contributed by atoms with van der Waals surface area (Å²) in [6.07, 6.45) is 3.28. The van der Waals surface area contributed by atoms with E-state index in [-0.39, 0.29) is 11.9 Å². The summed E-state index contributed by atoms with van der Waals surface area (Å²) in [6, 6.07) is 5.96. The van der Waals surface area contributed by atoms with Gasteiger partial charge >= 0.3 is 0 Å². The van der Waals surface area contributed by atoms with E-state index in [1.165, 1.54) is 0 Å². The summed E-state index contributed by atoms with van der Waals surface area (Å²) in [7, 11) is 0. The number of hydrogen-bond donors (Lipinski definition) is 1. The van der Waals surface area contributed by atoms with Crippen LogP contribution < -0.4 is 5.32 Å². The van der Waals surface area contributed by atoms with Crippen LogP contribution in [0.25, 0.3) is 0 Å². The summed E-state index contributed by atoms with van der Waals surface area (Å²) in [5.41, 5.74) is 1.04. The SMILES string of the molecule is CC1CCNC1C(=O)N(Cc1ccc(Cl)c(Cl)c1)C1CC1. The van der Waals surface area contributed by atoms with Gasteiger partial charge in [0, 0.05) is 12.6 Å². The van der Waals surface area contributed by atoms with Crippen molar-refractivity contribution in [1.29, 1.82) is 0 Å². The smallest absolute Gasteiger partial charge is 0.240 e. The molecule has 1 amide bonds. The number of nitrogens with one attached hydrogen (secondary N) is 1. The molecular formula is C16H20Cl2N2O. The topological polar surface area (TPSA) is 32.3 Å². The first-order valence-corrected chi connectivity index (χ1v) is 8.29. The van der Waals surface area contributed by atoms with Gasteiger partial charge in [0.15, 0.2) is 0 Å². The van der Waals surface area contributed by atoms with Gasteiger partial charge in [-0.3, -0.25) is 4.79 Å². The Kier molecular flexibility index (Phi) is 4.43. The van der Waals surface area contributed by atoms with Gasteiger partial charge in [0.25, 0.3) is 0 Å². The minimum absolute atomic E-state index is 0.0339. The number of rotatable bonds is 4. The third kappa shape index (κ3) is 3.36. The van der Waals surface area contributed by atoms with E-state index >= 15 is 0 Å². The summed E-state index contributed by atoms with van der Waals surface area (Å²) in [5, 5.41) is 4.43. The molecule has 21 heavy (non-hydrogen) atoms. The van der Waals surface area contributed by atoms with E-state index in [1.807, 2.05) is 17.0 Å². The van der Waals surface area contributed by atoms with Crippen LogP contribution in [0.2, 0.25) is 10.0 Å². The van der Waals surface area contributed by atoms with Gasteiger partial charge in [-0.15, -0.1) is 0 Å². The van der Waals surface area contributed by atoms with Crippen LogP contribution in [0.1, 0.15) is 31.7 Å². The van der Waals surface area contributed by atoms with Crippen molar-refractivity contribution in [2.75, 3.05) is 6.54 Å². The minimum atomic E-state index is -0.0339. The Bertz CT molecular complexity index is 545. The molecule has 1 heterocycles. The molecule has 1 aliphatic heterocycles. The molecule has 114 valence electrons. The van der Waals surface area contributed by atoms with Gasteiger partial charge in [-0.05, 0) is 49.4 Å². The maximum absolute atomic E-state index is 12.8. The number of carbonyl (C=O) groups excluding carboxylic acids is 1. The van der Waals surface area contributed by atoms with Crippen LogP contribution in [0.3, 0.4) is 0 Å². The van der Waals surface area contributed by atoms with Gasteiger partial charge in [-0.1, -0.05) is 36.2 Å². The Morgan fingerprint density at radius 1 is 1.29 bits per heavy atom. The van der Waals surface area contributed by atoms with Crippen molar-refractivity contribution >= 4 is 29.1 Å². The van der Waals surface area contributed by atoms with Gasteiger partial charge in [-0.25, -0.2) is 0 Å². The molecule has 2 fully saturated rings. The van der Waals surface area contributed by atoms with Crippen LogP contribution >= 0.6 is 23.2 Å². The van der Waals surface area contributed by atoms with Crippen molar-refractivity contribution in [3.05, 3.63) is 33.8 Å².